The van der Waals surface area contributed by atoms with Crippen LogP contribution in [0.4, 0.5) is 36.4 Å². The van der Waals surface area contributed by atoms with E-state index in [0.717, 1.165) is 30.6 Å². The topological polar surface area (TPSA) is 123 Å². The SMILES string of the molecule is C[C@@]1(c2cc(NC(=O)c3cnc(OCC(F)(F)C(F)F)cn3)ccc2F)N=C(N)S[C@]2(CO)[C@@H]1C2(F)F. The number of halogens is 7. The molecule has 2 aromatic rings. The summed E-state index contributed by atoms with van der Waals surface area (Å²) in [7, 11) is 0. The molecule has 1 fully saturated rings. The molecule has 200 valence electrons. The Morgan fingerprint density at radius 2 is 2.00 bits per heavy atom. The number of amidine groups is 1. The smallest absolute Gasteiger partial charge is 0.340 e. The summed E-state index contributed by atoms with van der Waals surface area (Å²) in [5.41, 5.74) is 3.18. The van der Waals surface area contributed by atoms with Crippen molar-refractivity contribution in [2.24, 2.45) is 16.6 Å². The number of benzene rings is 1. The first kappa shape index (κ1) is 26.9. The molecule has 4 N–H and O–H groups in total. The highest BCUT2D eigenvalue weighted by Gasteiger charge is 2.87. The van der Waals surface area contributed by atoms with E-state index in [1.807, 2.05) is 0 Å². The molecule has 16 heteroatoms. The Kier molecular flexibility index (Phi) is 6.55. The molecule has 3 atom stereocenters. The van der Waals surface area contributed by atoms with Gasteiger partial charge in [-0.3, -0.25) is 9.79 Å². The van der Waals surface area contributed by atoms with Crippen LogP contribution in [0.5, 0.6) is 5.88 Å². The normalized spacial score (nSPS) is 26.3. The number of amides is 1. The third-order valence-electron chi connectivity index (χ3n) is 6.10. The molecule has 1 saturated carbocycles. The number of hydrogen-bond donors (Lipinski definition) is 3. The van der Waals surface area contributed by atoms with Crippen LogP contribution >= 0.6 is 11.8 Å². The number of aliphatic hydroxyl groups is 1. The van der Waals surface area contributed by atoms with Gasteiger partial charge >= 0.3 is 12.3 Å². The summed E-state index contributed by atoms with van der Waals surface area (Å²) >= 11 is 0.523. The average molecular weight is 553 g/mol. The van der Waals surface area contributed by atoms with Crippen molar-refractivity contribution >= 4 is 28.5 Å². The lowest BCUT2D eigenvalue weighted by Gasteiger charge is -2.32. The predicted molar refractivity (Wildman–Crippen MR) is 118 cm³/mol. The summed E-state index contributed by atoms with van der Waals surface area (Å²) in [5, 5.41) is 11.8. The van der Waals surface area contributed by atoms with E-state index in [4.69, 9.17) is 5.73 Å². The minimum atomic E-state index is -4.42. The number of aliphatic hydroxyl groups excluding tert-OH is 1. The second-order valence-electron chi connectivity index (χ2n) is 8.54. The van der Waals surface area contributed by atoms with E-state index in [2.05, 4.69) is 25.0 Å². The fourth-order valence-electron chi connectivity index (χ4n) is 4.24. The molecular formula is C21H18F7N5O3S. The third-order valence-corrected chi connectivity index (χ3v) is 7.40. The van der Waals surface area contributed by atoms with E-state index in [1.54, 1.807) is 0 Å². The maximum Gasteiger partial charge on any atom is 0.340 e. The molecule has 8 nitrogen and oxygen atoms in total. The first-order valence-corrected chi connectivity index (χ1v) is 11.2. The Bertz CT molecular complexity index is 1250. The zero-order chi connectivity index (χ0) is 27.4. The van der Waals surface area contributed by atoms with Gasteiger partial charge in [-0.15, -0.1) is 0 Å². The number of thioether (sulfide) groups is 1. The Morgan fingerprint density at radius 3 is 2.59 bits per heavy atom. The molecule has 1 aliphatic carbocycles. The van der Waals surface area contributed by atoms with E-state index in [0.29, 0.717) is 11.8 Å². The minimum absolute atomic E-state index is 0.0353. The van der Waals surface area contributed by atoms with Crippen molar-refractivity contribution in [3.8, 4) is 5.88 Å². The van der Waals surface area contributed by atoms with Crippen molar-refractivity contribution in [2.45, 2.75) is 35.5 Å². The first-order valence-electron chi connectivity index (χ1n) is 10.4. The molecule has 0 spiro atoms. The van der Waals surface area contributed by atoms with Gasteiger partial charge in [-0.05, 0) is 25.1 Å². The standard InChI is InChI=1S/C21H18F7N5O3S/c1-18(15-19(7-34,21(15,27)28)37-17(29)33-18)10-4-9(2-3-11(10)22)32-14(35)12-5-31-13(6-30-12)36-8-20(25,26)16(23)24/h2-6,15-16,34H,7-8H2,1H3,(H2,29,33)(H,32,35)/t15-,18+,19-/m1/s1. The van der Waals surface area contributed by atoms with Crippen LogP contribution < -0.4 is 15.8 Å². The number of aliphatic imine (C=N–C) groups is 1. The van der Waals surface area contributed by atoms with Crippen molar-refractivity contribution < 1.29 is 45.4 Å². The number of aromatic nitrogens is 2. The Morgan fingerprint density at radius 1 is 1.30 bits per heavy atom. The predicted octanol–water partition coefficient (Wildman–Crippen LogP) is 3.42. The number of rotatable bonds is 8. The number of hydrogen-bond acceptors (Lipinski definition) is 8. The number of nitrogens with zero attached hydrogens (tertiary/aromatic N) is 3. The molecule has 1 amide bonds. The Balaban J connectivity index is 1.53. The molecule has 0 bridgehead atoms. The van der Waals surface area contributed by atoms with Gasteiger partial charge < -0.3 is 20.9 Å². The molecular weight excluding hydrogens is 535 g/mol. The van der Waals surface area contributed by atoms with Crippen LogP contribution in [0.15, 0.2) is 35.6 Å². The number of carbonyl (C=O) groups is 1. The number of ether oxygens (including phenoxy) is 1. The maximum atomic E-state index is 14.8. The summed E-state index contributed by atoms with van der Waals surface area (Å²) in [5.74, 6) is -11.7. The van der Waals surface area contributed by atoms with E-state index < -0.39 is 65.3 Å². The van der Waals surface area contributed by atoms with Crippen LogP contribution in [0, 0.1) is 11.7 Å². The minimum Gasteiger partial charge on any atom is -0.470 e. The molecule has 4 rings (SSSR count). The zero-order valence-electron chi connectivity index (χ0n) is 18.7. The van der Waals surface area contributed by atoms with Gasteiger partial charge in [0.25, 0.3) is 11.8 Å². The number of alkyl halides is 6. The number of nitrogens with two attached hydrogens (primary N) is 1. The molecule has 2 aliphatic rings. The van der Waals surface area contributed by atoms with Crippen LogP contribution in [-0.4, -0.2) is 62.4 Å². The fraction of sp³-hybridized carbons (Fsp3) is 0.429. The molecule has 37 heavy (non-hydrogen) atoms. The van der Waals surface area contributed by atoms with Gasteiger partial charge in [-0.25, -0.2) is 31.9 Å². The van der Waals surface area contributed by atoms with E-state index in [9.17, 15) is 40.6 Å². The quantitative estimate of drug-likeness (QED) is 0.428. The van der Waals surface area contributed by atoms with Crippen molar-refractivity contribution in [2.75, 3.05) is 18.5 Å². The van der Waals surface area contributed by atoms with Gasteiger partial charge in [0.1, 0.15) is 16.3 Å². The summed E-state index contributed by atoms with van der Waals surface area (Å²) < 4.78 is 97.2. The van der Waals surface area contributed by atoms with Crippen LogP contribution in [0.25, 0.3) is 0 Å². The summed E-state index contributed by atoms with van der Waals surface area (Å²) in [6.45, 7) is -1.33. The van der Waals surface area contributed by atoms with Crippen LogP contribution in [0.2, 0.25) is 0 Å². The number of fused-ring (bicyclic) bond motifs is 1. The van der Waals surface area contributed by atoms with Crippen LogP contribution in [-0.2, 0) is 5.54 Å². The third kappa shape index (κ3) is 4.45. The number of anilines is 1. The van der Waals surface area contributed by atoms with E-state index >= 15 is 0 Å². The number of nitrogens with one attached hydrogen (secondary N) is 1. The van der Waals surface area contributed by atoms with Crippen molar-refractivity contribution in [3.63, 3.8) is 0 Å². The Hall–Kier alpha value is -3.14. The van der Waals surface area contributed by atoms with Gasteiger partial charge in [0.15, 0.2) is 11.8 Å². The monoisotopic (exact) mass is 553 g/mol. The molecule has 1 aliphatic heterocycles. The molecule has 0 unspecified atom stereocenters. The van der Waals surface area contributed by atoms with Gasteiger partial charge in [-0.1, -0.05) is 11.8 Å². The average Bonchev–Trinajstić information content (AvgIpc) is 3.34. The largest absolute Gasteiger partial charge is 0.470 e. The number of carbonyl (C=O) groups excluding carboxylic acids is 1. The lowest BCUT2D eigenvalue weighted by atomic mass is 9.85. The van der Waals surface area contributed by atoms with Gasteiger partial charge in [0.2, 0.25) is 5.88 Å². The molecule has 2 heterocycles. The second-order valence-corrected chi connectivity index (χ2v) is 9.89. The summed E-state index contributed by atoms with van der Waals surface area (Å²) in [4.78, 5) is 23.8. The van der Waals surface area contributed by atoms with Crippen molar-refractivity contribution in [1.82, 2.24) is 9.97 Å². The van der Waals surface area contributed by atoms with Crippen molar-refractivity contribution in [3.05, 3.63) is 47.7 Å². The van der Waals surface area contributed by atoms with E-state index in [1.165, 1.54) is 6.92 Å². The van der Waals surface area contributed by atoms with E-state index in [-0.39, 0.29) is 22.1 Å². The van der Waals surface area contributed by atoms with Crippen LogP contribution in [0.3, 0.4) is 0 Å². The van der Waals surface area contributed by atoms with Gasteiger partial charge in [0.05, 0.1) is 30.5 Å². The fourth-order valence-corrected chi connectivity index (χ4v) is 5.61. The van der Waals surface area contributed by atoms with Gasteiger partial charge in [0, 0.05) is 11.3 Å². The molecule has 0 saturated heterocycles. The Labute approximate surface area is 208 Å². The molecule has 1 aromatic heterocycles. The highest BCUT2D eigenvalue weighted by atomic mass is 32.2. The summed E-state index contributed by atoms with van der Waals surface area (Å²) in [6.07, 6.45) is -2.37. The maximum absolute atomic E-state index is 14.8. The highest BCUT2D eigenvalue weighted by molar-refractivity contribution is 8.15. The molecule has 0 radical (unpaired) electrons. The lowest BCUT2D eigenvalue weighted by Crippen LogP contribution is -2.37. The van der Waals surface area contributed by atoms with Gasteiger partial charge in [-0.2, -0.15) is 8.78 Å². The van der Waals surface area contributed by atoms with Crippen LogP contribution in [0.1, 0.15) is 23.0 Å². The summed E-state index contributed by atoms with van der Waals surface area (Å²) in [6, 6.07) is 3.16. The second kappa shape index (κ2) is 9.01. The zero-order valence-corrected chi connectivity index (χ0v) is 19.5. The molecule has 1 aromatic carbocycles. The first-order chi connectivity index (χ1) is 17.2. The highest BCUT2D eigenvalue weighted by Crippen LogP contribution is 2.74. The van der Waals surface area contributed by atoms with Crippen molar-refractivity contribution in [1.29, 1.82) is 0 Å². The lowest BCUT2D eigenvalue weighted by molar-refractivity contribution is -0.148.